The number of fused-ring (bicyclic) bond motifs is 1. The summed E-state index contributed by atoms with van der Waals surface area (Å²) in [4.78, 5) is 28.5. The van der Waals surface area contributed by atoms with E-state index in [4.69, 9.17) is 22.1 Å². The highest BCUT2D eigenvalue weighted by Gasteiger charge is 2.44. The second-order valence-corrected chi connectivity index (χ2v) is 8.15. The molecule has 0 fully saturated rings. The molecule has 3 N–H and O–H groups in total. The summed E-state index contributed by atoms with van der Waals surface area (Å²) >= 11 is 5.64. The largest absolute Gasteiger partial charge is 0.461 e. The van der Waals surface area contributed by atoms with Crippen molar-refractivity contribution in [1.29, 1.82) is 0 Å². The van der Waals surface area contributed by atoms with Crippen LogP contribution in [0.25, 0.3) is 11.1 Å². The average Bonchev–Trinajstić information content (AvgIpc) is 3.12. The molecule has 1 aromatic heterocycles. The fraction of sp³-hybridized carbons (Fsp3) is 0.174. The standard InChI is InChI=1S/C23H17ClF3N3O3/c1-22(21(32)30-14-6-7-18(24)17(10-14)23(25,26)27)11-16-15(8-9-29-20(16)33-22)12-2-4-13(5-3-12)19(28)31/h2-10H,11H2,1H3,(H2,28,31)(H,30,32). The van der Waals surface area contributed by atoms with Crippen molar-refractivity contribution in [3.05, 3.63) is 76.4 Å². The molecule has 0 spiro atoms. The summed E-state index contributed by atoms with van der Waals surface area (Å²) in [6, 6.07) is 11.5. The molecular weight excluding hydrogens is 459 g/mol. The number of amides is 2. The number of carbonyl (C=O) groups excluding carboxylic acids is 2. The van der Waals surface area contributed by atoms with Gasteiger partial charge in [-0.1, -0.05) is 23.7 Å². The number of hydrogen-bond acceptors (Lipinski definition) is 4. The highest BCUT2D eigenvalue weighted by Crippen LogP contribution is 2.41. The molecule has 6 nitrogen and oxygen atoms in total. The molecule has 2 aromatic carbocycles. The van der Waals surface area contributed by atoms with E-state index < -0.39 is 34.2 Å². The molecule has 2 heterocycles. The third-order valence-electron chi connectivity index (χ3n) is 5.34. The van der Waals surface area contributed by atoms with Crippen molar-refractivity contribution in [1.82, 2.24) is 4.98 Å². The number of rotatable bonds is 4. The van der Waals surface area contributed by atoms with Crippen LogP contribution >= 0.6 is 11.6 Å². The van der Waals surface area contributed by atoms with Gasteiger partial charge in [-0.3, -0.25) is 9.59 Å². The van der Waals surface area contributed by atoms with E-state index in [-0.39, 0.29) is 18.0 Å². The first-order chi connectivity index (χ1) is 15.5. The molecule has 1 unspecified atom stereocenters. The van der Waals surface area contributed by atoms with Gasteiger partial charge in [0.25, 0.3) is 5.91 Å². The molecule has 1 atom stereocenters. The van der Waals surface area contributed by atoms with Crippen LogP contribution < -0.4 is 15.8 Å². The fourth-order valence-corrected chi connectivity index (χ4v) is 3.84. The lowest BCUT2D eigenvalue weighted by molar-refractivity contribution is -0.137. The second-order valence-electron chi connectivity index (χ2n) is 7.74. The molecule has 170 valence electrons. The number of ether oxygens (including phenoxy) is 1. The number of nitrogens with zero attached hydrogens (tertiary/aromatic N) is 1. The van der Waals surface area contributed by atoms with Crippen LogP contribution in [0.15, 0.2) is 54.7 Å². The third-order valence-corrected chi connectivity index (χ3v) is 5.67. The number of hydrogen-bond donors (Lipinski definition) is 2. The van der Waals surface area contributed by atoms with Crippen molar-refractivity contribution in [3.63, 3.8) is 0 Å². The maximum absolute atomic E-state index is 13.1. The van der Waals surface area contributed by atoms with Crippen LogP contribution in [0.3, 0.4) is 0 Å². The Morgan fingerprint density at radius 1 is 1.15 bits per heavy atom. The third kappa shape index (κ3) is 4.36. The zero-order valence-electron chi connectivity index (χ0n) is 17.2. The molecule has 10 heteroatoms. The van der Waals surface area contributed by atoms with Crippen molar-refractivity contribution in [2.45, 2.75) is 25.1 Å². The van der Waals surface area contributed by atoms with E-state index in [9.17, 15) is 22.8 Å². The molecule has 0 saturated heterocycles. The maximum atomic E-state index is 13.1. The highest BCUT2D eigenvalue weighted by atomic mass is 35.5. The molecule has 4 rings (SSSR count). The van der Waals surface area contributed by atoms with Crippen molar-refractivity contribution in [2.24, 2.45) is 5.73 Å². The Bertz CT molecular complexity index is 1260. The van der Waals surface area contributed by atoms with Crippen LogP contribution in [-0.4, -0.2) is 22.4 Å². The second kappa shape index (κ2) is 8.08. The number of aromatic nitrogens is 1. The molecule has 0 radical (unpaired) electrons. The molecule has 33 heavy (non-hydrogen) atoms. The SMILES string of the molecule is CC1(C(=O)Nc2ccc(Cl)c(C(F)(F)F)c2)Cc2c(-c3ccc(C(N)=O)cc3)ccnc2O1. The smallest absolute Gasteiger partial charge is 0.417 e. The van der Waals surface area contributed by atoms with Crippen LogP contribution in [0, 0.1) is 0 Å². The summed E-state index contributed by atoms with van der Waals surface area (Å²) in [6.45, 7) is 1.53. The number of benzene rings is 2. The Labute approximate surface area is 191 Å². The first-order valence-electron chi connectivity index (χ1n) is 9.73. The van der Waals surface area contributed by atoms with E-state index in [1.54, 1.807) is 30.3 Å². The monoisotopic (exact) mass is 475 g/mol. The fourth-order valence-electron chi connectivity index (χ4n) is 3.61. The molecule has 1 aliphatic heterocycles. The summed E-state index contributed by atoms with van der Waals surface area (Å²) in [7, 11) is 0. The van der Waals surface area contributed by atoms with E-state index in [0.29, 0.717) is 11.1 Å². The highest BCUT2D eigenvalue weighted by molar-refractivity contribution is 6.31. The summed E-state index contributed by atoms with van der Waals surface area (Å²) in [5.74, 6) is -0.938. The molecule has 2 amide bonds. The molecular formula is C23H17ClF3N3O3. The molecule has 0 aliphatic carbocycles. The van der Waals surface area contributed by atoms with Gasteiger partial charge in [-0.25, -0.2) is 4.98 Å². The van der Waals surface area contributed by atoms with Crippen molar-refractivity contribution in [3.8, 4) is 17.0 Å². The molecule has 3 aromatic rings. The van der Waals surface area contributed by atoms with E-state index in [1.807, 2.05) is 0 Å². The number of alkyl halides is 3. The first kappa shape index (κ1) is 22.6. The van der Waals surface area contributed by atoms with Crippen LogP contribution in [-0.2, 0) is 17.4 Å². The minimum absolute atomic E-state index is 0.0623. The van der Waals surface area contributed by atoms with Gasteiger partial charge >= 0.3 is 6.18 Å². The van der Waals surface area contributed by atoms with E-state index in [1.165, 1.54) is 19.2 Å². The minimum Gasteiger partial charge on any atom is -0.461 e. The topological polar surface area (TPSA) is 94.3 Å². The Morgan fingerprint density at radius 3 is 2.48 bits per heavy atom. The lowest BCUT2D eigenvalue weighted by atomic mass is 9.93. The molecule has 0 bridgehead atoms. The van der Waals surface area contributed by atoms with Gasteiger partial charge in [-0.2, -0.15) is 13.2 Å². The predicted molar refractivity (Wildman–Crippen MR) is 116 cm³/mol. The number of pyridine rings is 1. The quantitative estimate of drug-likeness (QED) is 0.564. The number of primary amides is 1. The van der Waals surface area contributed by atoms with E-state index in [0.717, 1.165) is 23.3 Å². The molecule has 0 saturated carbocycles. The van der Waals surface area contributed by atoms with Crippen LogP contribution in [0.4, 0.5) is 18.9 Å². The van der Waals surface area contributed by atoms with Gasteiger partial charge in [0, 0.05) is 29.4 Å². The summed E-state index contributed by atoms with van der Waals surface area (Å²) in [5.41, 5.74) is 5.29. The van der Waals surface area contributed by atoms with Gasteiger partial charge in [-0.15, -0.1) is 0 Å². The molecule has 1 aliphatic rings. The van der Waals surface area contributed by atoms with Gasteiger partial charge in [0.15, 0.2) is 5.60 Å². The summed E-state index contributed by atoms with van der Waals surface area (Å²) in [6.07, 6.45) is -3.01. The zero-order chi connectivity index (χ0) is 24.0. The number of carbonyl (C=O) groups is 2. The van der Waals surface area contributed by atoms with Gasteiger partial charge in [0.05, 0.1) is 10.6 Å². The van der Waals surface area contributed by atoms with Gasteiger partial charge in [0.1, 0.15) is 0 Å². The van der Waals surface area contributed by atoms with E-state index in [2.05, 4.69) is 10.3 Å². The lowest BCUT2D eigenvalue weighted by Gasteiger charge is -2.22. The Morgan fingerprint density at radius 2 is 1.85 bits per heavy atom. The lowest BCUT2D eigenvalue weighted by Crippen LogP contribution is -2.44. The van der Waals surface area contributed by atoms with Crippen LogP contribution in [0.1, 0.15) is 28.4 Å². The van der Waals surface area contributed by atoms with Gasteiger partial charge < -0.3 is 15.8 Å². The number of nitrogens with two attached hydrogens (primary N) is 1. The summed E-state index contributed by atoms with van der Waals surface area (Å²) in [5, 5.41) is 2.01. The van der Waals surface area contributed by atoms with Crippen LogP contribution in [0.2, 0.25) is 5.02 Å². The average molecular weight is 476 g/mol. The zero-order valence-corrected chi connectivity index (χ0v) is 17.9. The number of halogens is 4. The minimum atomic E-state index is -4.66. The van der Waals surface area contributed by atoms with Crippen molar-refractivity contribution in [2.75, 3.05) is 5.32 Å². The van der Waals surface area contributed by atoms with Crippen molar-refractivity contribution >= 4 is 29.1 Å². The van der Waals surface area contributed by atoms with E-state index >= 15 is 0 Å². The number of anilines is 1. The van der Waals surface area contributed by atoms with Crippen LogP contribution in [0.5, 0.6) is 5.88 Å². The Hall–Kier alpha value is -3.59. The Balaban J connectivity index is 1.59. The van der Waals surface area contributed by atoms with Gasteiger partial charge in [-0.05, 0) is 54.4 Å². The summed E-state index contributed by atoms with van der Waals surface area (Å²) < 4.78 is 45.3. The number of nitrogens with one attached hydrogen (secondary N) is 1. The van der Waals surface area contributed by atoms with Crippen molar-refractivity contribution < 1.29 is 27.5 Å². The Kier molecular flexibility index (Phi) is 5.53. The predicted octanol–water partition coefficient (Wildman–Crippen LogP) is 4.85. The maximum Gasteiger partial charge on any atom is 0.417 e. The van der Waals surface area contributed by atoms with Gasteiger partial charge in [0.2, 0.25) is 11.8 Å². The normalized spacial score (nSPS) is 17.2. The first-order valence-corrected chi connectivity index (χ1v) is 10.1.